The second-order valence-corrected chi connectivity index (χ2v) is 3.55. The number of nitrogens with one attached hydrogen (secondary N) is 2. The summed E-state index contributed by atoms with van der Waals surface area (Å²) in [4.78, 5) is 10.9. The van der Waals surface area contributed by atoms with Gasteiger partial charge < -0.3 is 10.7 Å². The molecule has 0 fully saturated rings. The number of carbonyl (C=O) groups excluding carboxylic acids is 1. The Bertz CT molecular complexity index is 348. The highest BCUT2D eigenvalue weighted by Crippen LogP contribution is 2.15. The highest BCUT2D eigenvalue weighted by molar-refractivity contribution is 5.89. The molecular formula is C12H19N3O. The zero-order chi connectivity index (χ0) is 12.0. The molecule has 0 aliphatic carbocycles. The van der Waals surface area contributed by atoms with Crippen molar-refractivity contribution >= 4 is 17.3 Å². The second-order valence-electron chi connectivity index (χ2n) is 3.55. The molecule has 0 radical (unpaired) electrons. The van der Waals surface area contributed by atoms with Crippen LogP contribution in [0.15, 0.2) is 24.3 Å². The largest absolute Gasteiger partial charge is 0.326 e. The second kappa shape index (κ2) is 6.12. The van der Waals surface area contributed by atoms with Crippen LogP contribution in [0.1, 0.15) is 20.8 Å². The third kappa shape index (κ3) is 3.90. The Morgan fingerprint density at radius 2 is 1.88 bits per heavy atom. The molecule has 4 nitrogen and oxygen atoms in total. The van der Waals surface area contributed by atoms with E-state index in [4.69, 9.17) is 0 Å². The molecule has 0 unspecified atom stereocenters. The Morgan fingerprint density at radius 1 is 1.25 bits per heavy atom. The zero-order valence-electron chi connectivity index (χ0n) is 10.1. The van der Waals surface area contributed by atoms with Crippen molar-refractivity contribution in [2.75, 3.05) is 23.8 Å². The van der Waals surface area contributed by atoms with Crippen LogP contribution in [-0.2, 0) is 4.79 Å². The van der Waals surface area contributed by atoms with Crippen LogP contribution in [0.4, 0.5) is 11.4 Å². The number of hydrogen-bond donors (Lipinski definition) is 2. The van der Waals surface area contributed by atoms with Gasteiger partial charge in [0.15, 0.2) is 0 Å². The molecule has 2 N–H and O–H groups in total. The fourth-order valence-electron chi connectivity index (χ4n) is 1.43. The first-order valence-corrected chi connectivity index (χ1v) is 5.55. The number of hydrazine groups is 1. The number of benzene rings is 1. The summed E-state index contributed by atoms with van der Waals surface area (Å²) < 4.78 is 0. The molecule has 0 spiro atoms. The Morgan fingerprint density at radius 3 is 2.44 bits per heavy atom. The summed E-state index contributed by atoms with van der Waals surface area (Å²) in [6.45, 7) is 7.55. The molecule has 1 aromatic rings. The summed E-state index contributed by atoms with van der Waals surface area (Å²) in [5, 5.41) is 4.85. The van der Waals surface area contributed by atoms with Crippen LogP contribution in [0.5, 0.6) is 0 Å². The van der Waals surface area contributed by atoms with E-state index >= 15 is 0 Å². The van der Waals surface area contributed by atoms with Gasteiger partial charge in [0.2, 0.25) is 5.91 Å². The van der Waals surface area contributed by atoms with E-state index in [9.17, 15) is 4.79 Å². The minimum Gasteiger partial charge on any atom is -0.326 e. The molecule has 1 aromatic carbocycles. The zero-order valence-corrected chi connectivity index (χ0v) is 10.1. The van der Waals surface area contributed by atoms with Crippen LogP contribution in [0.3, 0.4) is 0 Å². The van der Waals surface area contributed by atoms with Gasteiger partial charge in [-0.1, -0.05) is 19.9 Å². The maximum Gasteiger partial charge on any atom is 0.221 e. The topological polar surface area (TPSA) is 44.4 Å². The van der Waals surface area contributed by atoms with Crippen molar-refractivity contribution < 1.29 is 4.79 Å². The highest BCUT2D eigenvalue weighted by Gasteiger charge is 2.00. The van der Waals surface area contributed by atoms with E-state index in [1.54, 1.807) is 0 Å². The average Bonchev–Trinajstić information content (AvgIpc) is 2.25. The van der Waals surface area contributed by atoms with Crippen molar-refractivity contribution in [1.82, 2.24) is 5.01 Å². The van der Waals surface area contributed by atoms with E-state index in [1.165, 1.54) is 6.92 Å². The van der Waals surface area contributed by atoms with Crippen LogP contribution in [0.2, 0.25) is 0 Å². The molecule has 0 saturated carbocycles. The number of rotatable bonds is 5. The van der Waals surface area contributed by atoms with Crippen molar-refractivity contribution in [3.8, 4) is 0 Å². The van der Waals surface area contributed by atoms with Gasteiger partial charge in [-0.2, -0.15) is 0 Å². The van der Waals surface area contributed by atoms with Crippen LogP contribution in [0.25, 0.3) is 0 Å². The van der Waals surface area contributed by atoms with Gasteiger partial charge in [0, 0.05) is 25.7 Å². The molecule has 0 saturated heterocycles. The molecule has 16 heavy (non-hydrogen) atoms. The van der Waals surface area contributed by atoms with Crippen LogP contribution in [0, 0.1) is 0 Å². The van der Waals surface area contributed by atoms with Crippen molar-refractivity contribution in [2.24, 2.45) is 0 Å². The molecule has 0 aliphatic rings. The summed E-state index contributed by atoms with van der Waals surface area (Å²) in [5.74, 6) is -0.0556. The van der Waals surface area contributed by atoms with E-state index in [1.807, 2.05) is 24.3 Å². The predicted molar refractivity (Wildman–Crippen MR) is 67.3 cm³/mol. The summed E-state index contributed by atoms with van der Waals surface area (Å²) in [7, 11) is 0. The third-order valence-electron chi connectivity index (χ3n) is 2.23. The summed E-state index contributed by atoms with van der Waals surface area (Å²) >= 11 is 0. The lowest BCUT2D eigenvalue weighted by molar-refractivity contribution is -0.114. The summed E-state index contributed by atoms with van der Waals surface area (Å²) in [6.07, 6.45) is 0. The Balaban J connectivity index is 2.70. The molecule has 1 amide bonds. The van der Waals surface area contributed by atoms with E-state index in [2.05, 4.69) is 29.6 Å². The molecule has 0 aliphatic heterocycles. The number of hydrogen-bond acceptors (Lipinski definition) is 3. The van der Waals surface area contributed by atoms with Gasteiger partial charge in [-0.05, 0) is 18.2 Å². The normalized spacial score (nSPS) is 10.2. The fraction of sp³-hybridized carbons (Fsp3) is 0.417. The van der Waals surface area contributed by atoms with Gasteiger partial charge in [-0.25, -0.2) is 5.01 Å². The number of amides is 1. The highest BCUT2D eigenvalue weighted by atomic mass is 16.1. The molecule has 0 heterocycles. The van der Waals surface area contributed by atoms with E-state index in [-0.39, 0.29) is 5.91 Å². The summed E-state index contributed by atoms with van der Waals surface area (Å²) in [5.41, 5.74) is 5.07. The maximum absolute atomic E-state index is 10.9. The minimum atomic E-state index is -0.0556. The van der Waals surface area contributed by atoms with E-state index in [0.29, 0.717) is 0 Å². The Labute approximate surface area is 96.6 Å². The maximum atomic E-state index is 10.9. The van der Waals surface area contributed by atoms with Gasteiger partial charge in [0.05, 0.1) is 5.69 Å². The van der Waals surface area contributed by atoms with Gasteiger partial charge in [-0.3, -0.25) is 4.79 Å². The van der Waals surface area contributed by atoms with Crippen molar-refractivity contribution in [2.45, 2.75) is 20.8 Å². The van der Waals surface area contributed by atoms with Gasteiger partial charge in [0.25, 0.3) is 0 Å². The van der Waals surface area contributed by atoms with Crippen molar-refractivity contribution in [3.05, 3.63) is 24.3 Å². The number of nitrogens with zero attached hydrogens (tertiary/aromatic N) is 1. The van der Waals surface area contributed by atoms with E-state index < -0.39 is 0 Å². The first-order chi connectivity index (χ1) is 7.65. The van der Waals surface area contributed by atoms with E-state index in [0.717, 1.165) is 24.5 Å². The fourth-order valence-corrected chi connectivity index (χ4v) is 1.43. The van der Waals surface area contributed by atoms with Gasteiger partial charge in [-0.15, -0.1) is 0 Å². The third-order valence-corrected chi connectivity index (χ3v) is 2.23. The van der Waals surface area contributed by atoms with Gasteiger partial charge >= 0.3 is 0 Å². The van der Waals surface area contributed by atoms with Crippen molar-refractivity contribution in [1.29, 1.82) is 0 Å². The Hall–Kier alpha value is -1.55. The lowest BCUT2D eigenvalue weighted by atomic mass is 10.3. The standard InChI is InChI=1S/C12H19N3O/c1-4-15(5-2)14-12-8-6-7-11(9-12)13-10(3)16/h6-9,14H,4-5H2,1-3H3,(H,13,16). The molecular weight excluding hydrogens is 202 g/mol. The number of carbonyl (C=O) groups is 1. The Kier molecular flexibility index (Phi) is 4.79. The lowest BCUT2D eigenvalue weighted by Crippen LogP contribution is -2.29. The monoisotopic (exact) mass is 221 g/mol. The predicted octanol–water partition coefficient (Wildman–Crippen LogP) is 2.31. The quantitative estimate of drug-likeness (QED) is 0.750. The molecule has 88 valence electrons. The number of anilines is 2. The minimum absolute atomic E-state index is 0.0556. The molecule has 0 aromatic heterocycles. The molecule has 4 heteroatoms. The first kappa shape index (κ1) is 12.5. The van der Waals surface area contributed by atoms with Crippen molar-refractivity contribution in [3.63, 3.8) is 0 Å². The first-order valence-electron chi connectivity index (χ1n) is 5.55. The van der Waals surface area contributed by atoms with Crippen LogP contribution in [-0.4, -0.2) is 24.0 Å². The molecule has 1 rings (SSSR count). The SMILES string of the molecule is CCN(CC)Nc1cccc(NC(C)=O)c1. The lowest BCUT2D eigenvalue weighted by Gasteiger charge is -2.21. The van der Waals surface area contributed by atoms with Crippen LogP contribution < -0.4 is 10.7 Å². The smallest absolute Gasteiger partial charge is 0.221 e. The summed E-state index contributed by atoms with van der Waals surface area (Å²) in [6, 6.07) is 7.68. The molecule has 0 atom stereocenters. The molecule has 0 bridgehead atoms. The average molecular weight is 221 g/mol. The van der Waals surface area contributed by atoms with Gasteiger partial charge in [0.1, 0.15) is 0 Å². The van der Waals surface area contributed by atoms with Crippen LogP contribution >= 0.6 is 0 Å².